The first kappa shape index (κ1) is 20.8. The standard InChI is InChI=1S/C26H27NO5/c1-4-30-18-9-7-17(8-10-18)23-22-24(28)21-16(3)12-15(2)13-20(21)32-25(22)26(29)27(23)14-19-6-5-11-31-19/h7-10,12-13,19,23H,4-6,11,14H2,1-3H3/t19-,23+/m0/s1. The molecule has 0 spiro atoms. The van der Waals surface area contributed by atoms with Crippen molar-refractivity contribution >= 4 is 16.9 Å². The molecule has 0 unspecified atom stereocenters. The largest absolute Gasteiger partial charge is 0.494 e. The highest BCUT2D eigenvalue weighted by Gasteiger charge is 2.44. The van der Waals surface area contributed by atoms with E-state index < -0.39 is 6.04 Å². The van der Waals surface area contributed by atoms with Gasteiger partial charge in [0.25, 0.3) is 5.91 Å². The summed E-state index contributed by atoms with van der Waals surface area (Å²) in [4.78, 5) is 29.0. The van der Waals surface area contributed by atoms with E-state index in [-0.39, 0.29) is 23.2 Å². The third kappa shape index (κ3) is 3.39. The normalized spacial score (nSPS) is 20.2. The molecule has 2 aromatic carbocycles. The molecule has 3 heterocycles. The van der Waals surface area contributed by atoms with Gasteiger partial charge in [0.05, 0.1) is 29.7 Å². The zero-order valence-electron chi connectivity index (χ0n) is 18.6. The molecule has 0 bridgehead atoms. The van der Waals surface area contributed by atoms with Crippen LogP contribution in [0.25, 0.3) is 11.0 Å². The first-order chi connectivity index (χ1) is 15.5. The van der Waals surface area contributed by atoms with Crippen LogP contribution in [-0.2, 0) is 4.74 Å². The van der Waals surface area contributed by atoms with E-state index in [0.717, 1.165) is 35.3 Å². The third-order valence-corrected chi connectivity index (χ3v) is 6.34. The number of ether oxygens (including phenoxy) is 2. The van der Waals surface area contributed by atoms with Gasteiger partial charge in [-0.1, -0.05) is 18.2 Å². The summed E-state index contributed by atoms with van der Waals surface area (Å²) < 4.78 is 17.5. The molecular formula is C26H27NO5. The summed E-state index contributed by atoms with van der Waals surface area (Å²) in [6.45, 7) is 7.49. The summed E-state index contributed by atoms with van der Waals surface area (Å²) >= 11 is 0. The number of amides is 1. The maximum absolute atomic E-state index is 13.7. The van der Waals surface area contributed by atoms with Gasteiger partial charge >= 0.3 is 0 Å². The number of carbonyl (C=O) groups excluding carboxylic acids is 1. The van der Waals surface area contributed by atoms with Crippen molar-refractivity contribution in [1.82, 2.24) is 4.90 Å². The van der Waals surface area contributed by atoms with Crippen molar-refractivity contribution in [2.24, 2.45) is 0 Å². The topological polar surface area (TPSA) is 69.0 Å². The van der Waals surface area contributed by atoms with Gasteiger partial charge in [-0.05, 0) is 68.5 Å². The van der Waals surface area contributed by atoms with Crippen molar-refractivity contribution in [2.75, 3.05) is 19.8 Å². The number of fused-ring (bicyclic) bond motifs is 2. The van der Waals surface area contributed by atoms with Crippen LogP contribution in [-0.4, -0.2) is 36.7 Å². The van der Waals surface area contributed by atoms with Crippen LogP contribution in [0.15, 0.2) is 45.6 Å². The van der Waals surface area contributed by atoms with Gasteiger partial charge in [-0.25, -0.2) is 0 Å². The van der Waals surface area contributed by atoms with Crippen molar-refractivity contribution in [1.29, 1.82) is 0 Å². The van der Waals surface area contributed by atoms with Crippen molar-refractivity contribution in [3.8, 4) is 5.75 Å². The first-order valence-corrected chi connectivity index (χ1v) is 11.2. The highest BCUT2D eigenvalue weighted by molar-refractivity contribution is 5.99. The van der Waals surface area contributed by atoms with Crippen molar-refractivity contribution < 1.29 is 18.7 Å². The number of carbonyl (C=O) groups is 1. The van der Waals surface area contributed by atoms with E-state index in [9.17, 15) is 9.59 Å². The summed E-state index contributed by atoms with van der Waals surface area (Å²) in [6, 6.07) is 10.9. The smallest absolute Gasteiger partial charge is 0.291 e. The predicted octanol–water partition coefficient (Wildman–Crippen LogP) is 4.53. The van der Waals surface area contributed by atoms with E-state index in [0.29, 0.717) is 36.3 Å². The number of hydrogen-bond acceptors (Lipinski definition) is 5. The summed E-state index contributed by atoms with van der Waals surface area (Å²) in [7, 11) is 0. The fourth-order valence-corrected chi connectivity index (χ4v) is 4.97. The van der Waals surface area contributed by atoms with Crippen LogP contribution in [0.2, 0.25) is 0 Å². The van der Waals surface area contributed by atoms with E-state index in [2.05, 4.69) is 0 Å². The molecule has 3 aromatic rings. The maximum Gasteiger partial charge on any atom is 0.291 e. The number of rotatable bonds is 5. The van der Waals surface area contributed by atoms with E-state index in [1.807, 2.05) is 57.2 Å². The molecule has 166 valence electrons. The van der Waals surface area contributed by atoms with Gasteiger partial charge in [0.2, 0.25) is 5.76 Å². The molecule has 0 N–H and O–H groups in total. The molecule has 2 aliphatic heterocycles. The minimum Gasteiger partial charge on any atom is -0.494 e. The zero-order chi connectivity index (χ0) is 22.4. The lowest BCUT2D eigenvalue weighted by Crippen LogP contribution is -2.36. The van der Waals surface area contributed by atoms with Gasteiger partial charge in [-0.2, -0.15) is 0 Å². The van der Waals surface area contributed by atoms with E-state index in [1.54, 1.807) is 4.90 Å². The Hall–Kier alpha value is -3.12. The second-order valence-electron chi connectivity index (χ2n) is 8.63. The van der Waals surface area contributed by atoms with Gasteiger partial charge in [0.15, 0.2) is 5.43 Å². The van der Waals surface area contributed by atoms with Crippen molar-refractivity contribution in [3.63, 3.8) is 0 Å². The molecular weight excluding hydrogens is 406 g/mol. The zero-order valence-corrected chi connectivity index (χ0v) is 18.6. The molecule has 6 heteroatoms. The molecule has 0 radical (unpaired) electrons. The first-order valence-electron chi connectivity index (χ1n) is 11.2. The Morgan fingerprint density at radius 2 is 1.91 bits per heavy atom. The molecule has 6 nitrogen and oxygen atoms in total. The van der Waals surface area contributed by atoms with Crippen LogP contribution in [0.5, 0.6) is 5.75 Å². The van der Waals surface area contributed by atoms with Crippen LogP contribution in [0.4, 0.5) is 0 Å². The summed E-state index contributed by atoms with van der Waals surface area (Å²) in [5.74, 6) is 0.639. The van der Waals surface area contributed by atoms with E-state index in [4.69, 9.17) is 13.9 Å². The fourth-order valence-electron chi connectivity index (χ4n) is 4.97. The molecule has 0 aliphatic carbocycles. The molecule has 2 aliphatic rings. The molecule has 1 fully saturated rings. The van der Waals surface area contributed by atoms with Crippen LogP contribution in [0.1, 0.15) is 58.6 Å². The number of aryl methyl sites for hydroxylation is 2. The Balaban J connectivity index is 1.68. The van der Waals surface area contributed by atoms with Crippen molar-refractivity contribution in [2.45, 2.75) is 45.8 Å². The van der Waals surface area contributed by atoms with E-state index in [1.165, 1.54) is 0 Å². The Morgan fingerprint density at radius 1 is 1.12 bits per heavy atom. The third-order valence-electron chi connectivity index (χ3n) is 6.34. The second kappa shape index (κ2) is 8.10. The molecule has 0 saturated carbocycles. The molecule has 2 atom stereocenters. The second-order valence-corrected chi connectivity index (χ2v) is 8.63. The number of benzene rings is 2. The van der Waals surface area contributed by atoms with Crippen LogP contribution in [0.3, 0.4) is 0 Å². The average molecular weight is 434 g/mol. The van der Waals surface area contributed by atoms with Gasteiger partial charge in [0, 0.05) is 13.2 Å². The molecule has 32 heavy (non-hydrogen) atoms. The van der Waals surface area contributed by atoms with Gasteiger partial charge < -0.3 is 18.8 Å². The maximum atomic E-state index is 13.7. The molecule has 1 amide bonds. The summed E-state index contributed by atoms with van der Waals surface area (Å²) in [6.07, 6.45) is 1.84. The lowest BCUT2D eigenvalue weighted by atomic mass is 9.96. The Morgan fingerprint density at radius 3 is 2.59 bits per heavy atom. The van der Waals surface area contributed by atoms with Crippen LogP contribution >= 0.6 is 0 Å². The quantitative estimate of drug-likeness (QED) is 0.591. The minimum absolute atomic E-state index is 0.0352. The Labute approximate surface area is 186 Å². The number of nitrogens with zero attached hydrogens (tertiary/aromatic N) is 1. The van der Waals surface area contributed by atoms with Gasteiger partial charge in [-0.15, -0.1) is 0 Å². The van der Waals surface area contributed by atoms with E-state index >= 15 is 0 Å². The predicted molar refractivity (Wildman–Crippen MR) is 121 cm³/mol. The Kier molecular flexibility index (Phi) is 5.25. The SMILES string of the molecule is CCOc1ccc([C@@H]2c3c(oc4cc(C)cc(C)c4c3=O)C(=O)N2C[C@@H]2CCCO2)cc1. The van der Waals surface area contributed by atoms with Crippen LogP contribution < -0.4 is 10.2 Å². The molecule has 5 rings (SSSR count). The summed E-state index contributed by atoms with van der Waals surface area (Å²) in [5.41, 5.74) is 3.44. The lowest BCUT2D eigenvalue weighted by Gasteiger charge is -2.27. The fraction of sp³-hybridized carbons (Fsp3) is 0.385. The molecule has 1 saturated heterocycles. The average Bonchev–Trinajstić information content (AvgIpc) is 3.36. The highest BCUT2D eigenvalue weighted by atomic mass is 16.5. The molecule has 1 aromatic heterocycles. The Bertz CT molecular complexity index is 1240. The highest BCUT2D eigenvalue weighted by Crippen LogP contribution is 2.39. The number of hydrogen-bond donors (Lipinski definition) is 0. The lowest BCUT2D eigenvalue weighted by molar-refractivity contribution is 0.0486. The minimum atomic E-state index is -0.515. The van der Waals surface area contributed by atoms with Gasteiger partial charge in [0.1, 0.15) is 11.3 Å². The summed E-state index contributed by atoms with van der Waals surface area (Å²) in [5, 5.41) is 0.539. The van der Waals surface area contributed by atoms with Gasteiger partial charge in [-0.3, -0.25) is 9.59 Å². The van der Waals surface area contributed by atoms with Crippen LogP contribution in [0, 0.1) is 13.8 Å². The van der Waals surface area contributed by atoms with Crippen molar-refractivity contribution in [3.05, 3.63) is 74.6 Å². The monoisotopic (exact) mass is 433 g/mol.